The zero-order valence-corrected chi connectivity index (χ0v) is 9.96. The first kappa shape index (κ1) is 12.1. The van der Waals surface area contributed by atoms with Crippen LogP contribution >= 0.6 is 0 Å². The van der Waals surface area contributed by atoms with Crippen LogP contribution in [0.15, 0.2) is 47.3 Å². The van der Waals surface area contributed by atoms with Crippen molar-refractivity contribution in [2.45, 2.75) is 13.5 Å². The molecule has 0 saturated heterocycles. The van der Waals surface area contributed by atoms with Gasteiger partial charge in [-0.05, 0) is 18.6 Å². The summed E-state index contributed by atoms with van der Waals surface area (Å²) < 4.78 is 1.56. The molecule has 4 nitrogen and oxygen atoms in total. The normalized spacial score (nSPS) is 10.3. The molecule has 0 unspecified atom stereocenters. The molecule has 2 aromatic rings. The van der Waals surface area contributed by atoms with Gasteiger partial charge in [0.05, 0.1) is 12.1 Å². The van der Waals surface area contributed by atoms with Crippen LogP contribution in [0.4, 0.5) is 0 Å². The Morgan fingerprint density at radius 2 is 1.89 bits per heavy atom. The lowest BCUT2D eigenvalue weighted by Gasteiger charge is -2.10. The molecule has 4 heteroatoms. The lowest BCUT2D eigenvalue weighted by Crippen LogP contribution is -2.23. The fraction of sp³-hybridized carbons (Fsp3) is 0.143. The lowest BCUT2D eigenvalue weighted by molar-refractivity contribution is 0.0696. The van der Waals surface area contributed by atoms with E-state index in [0.29, 0.717) is 12.2 Å². The van der Waals surface area contributed by atoms with Gasteiger partial charge in [0.15, 0.2) is 0 Å². The van der Waals surface area contributed by atoms with Crippen molar-refractivity contribution in [1.29, 1.82) is 0 Å². The highest BCUT2D eigenvalue weighted by atomic mass is 16.4. The number of aromatic carboxylic acids is 1. The second-order valence-corrected chi connectivity index (χ2v) is 4.10. The standard InChI is InChI=1S/C14H13NO3/c1-10-7-12(14(17)18)8-13(16)15(10)9-11-5-3-2-4-6-11/h2-8H,9H2,1H3,(H,17,18). The van der Waals surface area contributed by atoms with Crippen molar-refractivity contribution >= 4 is 5.97 Å². The third kappa shape index (κ3) is 2.48. The van der Waals surface area contributed by atoms with Crippen LogP contribution in [-0.4, -0.2) is 15.6 Å². The fourth-order valence-electron chi connectivity index (χ4n) is 1.82. The smallest absolute Gasteiger partial charge is 0.335 e. The zero-order valence-electron chi connectivity index (χ0n) is 9.96. The molecule has 0 atom stereocenters. The molecule has 0 aliphatic heterocycles. The lowest BCUT2D eigenvalue weighted by atomic mass is 10.2. The van der Waals surface area contributed by atoms with E-state index in [-0.39, 0.29) is 11.1 Å². The summed E-state index contributed by atoms with van der Waals surface area (Å²) in [5.74, 6) is -1.08. The zero-order chi connectivity index (χ0) is 13.1. The average molecular weight is 243 g/mol. The maximum atomic E-state index is 11.9. The van der Waals surface area contributed by atoms with Gasteiger partial charge in [-0.1, -0.05) is 30.3 Å². The van der Waals surface area contributed by atoms with Crippen LogP contribution in [0, 0.1) is 6.92 Å². The van der Waals surface area contributed by atoms with E-state index >= 15 is 0 Å². The van der Waals surface area contributed by atoms with E-state index in [1.54, 1.807) is 11.5 Å². The van der Waals surface area contributed by atoms with Crippen LogP contribution in [-0.2, 0) is 6.54 Å². The van der Waals surface area contributed by atoms with Gasteiger partial charge < -0.3 is 9.67 Å². The second-order valence-electron chi connectivity index (χ2n) is 4.10. The number of rotatable bonds is 3. The van der Waals surface area contributed by atoms with Crippen LogP contribution in [0.3, 0.4) is 0 Å². The Balaban J connectivity index is 2.41. The number of carboxylic acid groups (broad SMARTS) is 1. The van der Waals surface area contributed by atoms with Gasteiger partial charge >= 0.3 is 5.97 Å². The van der Waals surface area contributed by atoms with Gasteiger partial charge in [0.2, 0.25) is 0 Å². The molecule has 1 aromatic carbocycles. The summed E-state index contributed by atoms with van der Waals surface area (Å²) in [7, 11) is 0. The molecule has 0 bridgehead atoms. The van der Waals surface area contributed by atoms with Gasteiger partial charge in [0.25, 0.3) is 5.56 Å². The SMILES string of the molecule is Cc1cc(C(=O)O)cc(=O)n1Cc1ccccc1. The van der Waals surface area contributed by atoms with Crippen molar-refractivity contribution in [3.05, 3.63) is 69.6 Å². The monoisotopic (exact) mass is 243 g/mol. The summed E-state index contributed by atoms with van der Waals surface area (Å²) in [6.07, 6.45) is 0. The molecule has 92 valence electrons. The van der Waals surface area contributed by atoms with E-state index in [1.807, 2.05) is 30.3 Å². The highest BCUT2D eigenvalue weighted by molar-refractivity contribution is 5.87. The summed E-state index contributed by atoms with van der Waals surface area (Å²) in [6.45, 7) is 2.18. The first-order valence-electron chi connectivity index (χ1n) is 5.56. The predicted octanol–water partition coefficient (Wildman–Crippen LogP) is 1.90. The van der Waals surface area contributed by atoms with Gasteiger partial charge in [-0.3, -0.25) is 4.79 Å². The van der Waals surface area contributed by atoms with Gasteiger partial charge in [0, 0.05) is 11.8 Å². The summed E-state index contributed by atoms with van der Waals surface area (Å²) in [5, 5.41) is 8.87. The number of carbonyl (C=O) groups is 1. The van der Waals surface area contributed by atoms with E-state index in [1.165, 1.54) is 6.07 Å². The Bertz CT molecular complexity index is 629. The van der Waals surface area contributed by atoms with Crippen molar-refractivity contribution in [1.82, 2.24) is 4.57 Å². The molecule has 0 amide bonds. The van der Waals surface area contributed by atoms with Crippen LogP contribution in [0.5, 0.6) is 0 Å². The molecule has 1 aromatic heterocycles. The first-order valence-corrected chi connectivity index (χ1v) is 5.56. The number of pyridine rings is 1. The van der Waals surface area contributed by atoms with Gasteiger partial charge in [-0.15, -0.1) is 0 Å². The molecule has 0 aliphatic rings. The fourth-order valence-corrected chi connectivity index (χ4v) is 1.82. The van der Waals surface area contributed by atoms with E-state index in [4.69, 9.17) is 5.11 Å². The van der Waals surface area contributed by atoms with Crippen molar-refractivity contribution < 1.29 is 9.90 Å². The Labute approximate surface area is 104 Å². The third-order valence-electron chi connectivity index (χ3n) is 2.77. The topological polar surface area (TPSA) is 59.3 Å². The van der Waals surface area contributed by atoms with Crippen LogP contribution in [0.2, 0.25) is 0 Å². The van der Waals surface area contributed by atoms with E-state index in [2.05, 4.69) is 0 Å². The molecule has 0 spiro atoms. The number of benzene rings is 1. The van der Waals surface area contributed by atoms with Crippen LogP contribution in [0.25, 0.3) is 0 Å². The van der Waals surface area contributed by atoms with E-state index in [0.717, 1.165) is 11.6 Å². The van der Waals surface area contributed by atoms with Crippen molar-refractivity contribution in [3.63, 3.8) is 0 Å². The highest BCUT2D eigenvalue weighted by Gasteiger charge is 2.08. The van der Waals surface area contributed by atoms with E-state index < -0.39 is 5.97 Å². The summed E-state index contributed by atoms with van der Waals surface area (Å²) in [4.78, 5) is 22.7. The second kappa shape index (κ2) is 4.87. The number of aromatic nitrogens is 1. The summed E-state index contributed by atoms with van der Waals surface area (Å²) in [6, 6.07) is 12.2. The molecule has 18 heavy (non-hydrogen) atoms. The minimum Gasteiger partial charge on any atom is -0.478 e. The Kier molecular flexibility index (Phi) is 3.28. The van der Waals surface area contributed by atoms with Crippen molar-refractivity contribution in [2.24, 2.45) is 0 Å². The predicted molar refractivity (Wildman–Crippen MR) is 67.9 cm³/mol. The molecular formula is C14H13NO3. The molecular weight excluding hydrogens is 230 g/mol. The minimum absolute atomic E-state index is 0.0295. The quantitative estimate of drug-likeness (QED) is 0.895. The molecule has 0 radical (unpaired) electrons. The molecule has 0 saturated carbocycles. The van der Waals surface area contributed by atoms with Gasteiger partial charge in [-0.2, -0.15) is 0 Å². The largest absolute Gasteiger partial charge is 0.478 e. The van der Waals surface area contributed by atoms with Crippen LogP contribution in [0.1, 0.15) is 21.6 Å². The Morgan fingerprint density at radius 1 is 1.22 bits per heavy atom. The Morgan fingerprint density at radius 3 is 2.44 bits per heavy atom. The molecule has 1 N–H and O–H groups in total. The van der Waals surface area contributed by atoms with Gasteiger partial charge in [0.1, 0.15) is 0 Å². The maximum absolute atomic E-state index is 11.9. The molecule has 2 rings (SSSR count). The molecule has 1 heterocycles. The number of aryl methyl sites for hydroxylation is 1. The third-order valence-corrected chi connectivity index (χ3v) is 2.77. The van der Waals surface area contributed by atoms with Crippen LogP contribution < -0.4 is 5.56 Å². The summed E-state index contributed by atoms with van der Waals surface area (Å²) in [5.41, 5.74) is 1.38. The highest BCUT2D eigenvalue weighted by Crippen LogP contribution is 2.05. The van der Waals surface area contributed by atoms with Crippen molar-refractivity contribution in [2.75, 3.05) is 0 Å². The first-order chi connectivity index (χ1) is 8.58. The molecule has 0 aliphatic carbocycles. The Hall–Kier alpha value is -2.36. The van der Waals surface area contributed by atoms with Crippen molar-refractivity contribution in [3.8, 4) is 0 Å². The minimum atomic E-state index is -1.08. The summed E-state index contributed by atoms with van der Waals surface area (Å²) >= 11 is 0. The number of nitrogens with zero attached hydrogens (tertiary/aromatic N) is 1. The number of carboxylic acids is 1. The molecule has 0 fully saturated rings. The maximum Gasteiger partial charge on any atom is 0.335 e. The van der Waals surface area contributed by atoms with E-state index in [9.17, 15) is 9.59 Å². The number of hydrogen-bond acceptors (Lipinski definition) is 2. The number of hydrogen-bond donors (Lipinski definition) is 1. The average Bonchev–Trinajstić information content (AvgIpc) is 2.34. The van der Waals surface area contributed by atoms with Gasteiger partial charge in [-0.25, -0.2) is 4.79 Å².